The van der Waals surface area contributed by atoms with Crippen molar-refractivity contribution in [3.8, 4) is 0 Å². The van der Waals surface area contributed by atoms with Crippen LogP contribution < -0.4 is 16.6 Å². The number of fused-ring (bicyclic) bond motifs is 2. The number of nitro groups is 1. The highest BCUT2D eigenvalue weighted by Gasteiger charge is 2.34. The largest absolute Gasteiger partial charge is 0.341 e. The summed E-state index contributed by atoms with van der Waals surface area (Å²) >= 11 is 0. The fourth-order valence-corrected chi connectivity index (χ4v) is 3.57. The van der Waals surface area contributed by atoms with E-state index in [1.165, 1.54) is 6.07 Å². The van der Waals surface area contributed by atoms with E-state index in [4.69, 9.17) is 0 Å². The minimum atomic E-state index is -0.683. The lowest BCUT2D eigenvalue weighted by molar-refractivity contribution is -0.385. The van der Waals surface area contributed by atoms with E-state index in [2.05, 4.69) is 15.3 Å². The molecule has 1 aliphatic rings. The Morgan fingerprint density at radius 1 is 1.00 bits per heavy atom. The van der Waals surface area contributed by atoms with Crippen LogP contribution in [-0.4, -0.2) is 14.9 Å². The predicted molar refractivity (Wildman–Crippen MR) is 101 cm³/mol. The van der Waals surface area contributed by atoms with Crippen LogP contribution in [0.2, 0.25) is 0 Å². The first-order valence-corrected chi connectivity index (χ1v) is 8.35. The third-order valence-electron chi connectivity index (χ3n) is 4.95. The number of hydrogen-bond acceptors (Lipinski definition) is 5. The molecule has 2 heterocycles. The fraction of sp³-hybridized carbons (Fsp3) is 0.158. The van der Waals surface area contributed by atoms with Crippen molar-refractivity contribution in [2.75, 3.05) is 5.32 Å². The molecule has 3 N–H and O–H groups in total. The van der Waals surface area contributed by atoms with Crippen LogP contribution in [0.25, 0.3) is 0 Å². The predicted octanol–water partition coefficient (Wildman–Crippen LogP) is 2.83. The number of nitro benzene ring substituents is 1. The van der Waals surface area contributed by atoms with Crippen LogP contribution in [0.5, 0.6) is 0 Å². The molecular weight excluding hydrogens is 348 g/mol. The monoisotopic (exact) mass is 364 g/mol. The summed E-state index contributed by atoms with van der Waals surface area (Å²) in [7, 11) is 0. The van der Waals surface area contributed by atoms with E-state index in [9.17, 15) is 19.7 Å². The molecular formula is C19H16N4O4. The number of rotatable bonds is 2. The Hall–Kier alpha value is -3.68. The van der Waals surface area contributed by atoms with Crippen LogP contribution in [0, 0.1) is 24.0 Å². The number of aromatic amines is 2. The van der Waals surface area contributed by atoms with Crippen LogP contribution in [0.1, 0.15) is 33.7 Å². The Morgan fingerprint density at radius 3 is 2.44 bits per heavy atom. The van der Waals surface area contributed by atoms with Crippen LogP contribution >= 0.6 is 0 Å². The lowest BCUT2D eigenvalue weighted by atomic mass is 9.81. The van der Waals surface area contributed by atoms with E-state index in [1.54, 1.807) is 18.2 Å². The zero-order valence-electron chi connectivity index (χ0n) is 14.6. The highest BCUT2D eigenvalue weighted by atomic mass is 16.6. The van der Waals surface area contributed by atoms with Gasteiger partial charge in [0.1, 0.15) is 5.82 Å². The highest BCUT2D eigenvalue weighted by molar-refractivity contribution is 5.75. The molecule has 0 bridgehead atoms. The van der Waals surface area contributed by atoms with Gasteiger partial charge in [-0.15, -0.1) is 0 Å². The smallest absolute Gasteiger partial charge is 0.327 e. The average Bonchev–Trinajstić information content (AvgIpc) is 2.61. The van der Waals surface area contributed by atoms with Gasteiger partial charge in [0, 0.05) is 17.3 Å². The molecule has 0 aliphatic carbocycles. The van der Waals surface area contributed by atoms with Crippen molar-refractivity contribution in [2.45, 2.75) is 19.8 Å². The van der Waals surface area contributed by atoms with E-state index in [1.807, 2.05) is 26.0 Å². The summed E-state index contributed by atoms with van der Waals surface area (Å²) in [6, 6.07) is 10.2. The number of aryl methyl sites for hydroxylation is 2. The minimum absolute atomic E-state index is 0.0786. The molecule has 1 aliphatic heterocycles. The van der Waals surface area contributed by atoms with Crippen LogP contribution in [0.15, 0.2) is 46.0 Å². The molecule has 0 fully saturated rings. The Bertz CT molecular complexity index is 1210. The summed E-state index contributed by atoms with van der Waals surface area (Å²) in [5.41, 5.74) is 2.83. The van der Waals surface area contributed by atoms with Gasteiger partial charge in [-0.25, -0.2) is 4.79 Å². The summed E-state index contributed by atoms with van der Waals surface area (Å²) in [6.45, 7) is 3.89. The van der Waals surface area contributed by atoms with E-state index in [-0.39, 0.29) is 17.1 Å². The van der Waals surface area contributed by atoms with Crippen molar-refractivity contribution in [3.63, 3.8) is 0 Å². The molecule has 8 heteroatoms. The number of aromatic nitrogens is 2. The summed E-state index contributed by atoms with van der Waals surface area (Å²) < 4.78 is 0. The molecule has 0 amide bonds. The van der Waals surface area contributed by atoms with Gasteiger partial charge in [-0.2, -0.15) is 0 Å². The molecule has 0 radical (unpaired) electrons. The Labute approximate surface area is 153 Å². The van der Waals surface area contributed by atoms with Gasteiger partial charge in [0.25, 0.3) is 11.2 Å². The van der Waals surface area contributed by atoms with Crippen LogP contribution in [0.3, 0.4) is 0 Å². The van der Waals surface area contributed by atoms with Gasteiger partial charge in [0.2, 0.25) is 0 Å². The first kappa shape index (κ1) is 16.8. The van der Waals surface area contributed by atoms with Gasteiger partial charge < -0.3 is 5.32 Å². The highest BCUT2D eigenvalue weighted by Crippen LogP contribution is 2.45. The molecule has 1 atom stereocenters. The molecule has 8 nitrogen and oxygen atoms in total. The van der Waals surface area contributed by atoms with Crippen molar-refractivity contribution in [2.24, 2.45) is 0 Å². The molecule has 0 saturated heterocycles. The molecule has 4 rings (SSSR count). The second-order valence-corrected chi connectivity index (χ2v) is 6.59. The summed E-state index contributed by atoms with van der Waals surface area (Å²) in [4.78, 5) is 40.3. The molecule has 3 aromatic rings. The Kier molecular flexibility index (Phi) is 3.69. The standard InChI is InChI=1S/C19H16N4O4/c1-9-7-12-13(8-10(9)2)20-17-16(18(24)22-19(25)21-17)15(12)11-5-3-4-6-14(11)23(26)27/h3-8,15H,1-2H3,(H3,20,21,22,24,25). The molecule has 2 aromatic carbocycles. The maximum Gasteiger partial charge on any atom is 0.327 e. The fourth-order valence-electron chi connectivity index (χ4n) is 3.57. The third kappa shape index (κ3) is 2.62. The zero-order valence-corrected chi connectivity index (χ0v) is 14.6. The quantitative estimate of drug-likeness (QED) is 0.373. The van der Waals surface area contributed by atoms with Crippen molar-refractivity contribution >= 4 is 17.2 Å². The number of nitrogens with one attached hydrogen (secondary N) is 3. The molecule has 1 unspecified atom stereocenters. The zero-order chi connectivity index (χ0) is 19.3. The molecule has 0 spiro atoms. The number of H-pyrrole nitrogens is 2. The number of nitrogens with zero attached hydrogens (tertiary/aromatic N) is 1. The van der Waals surface area contributed by atoms with E-state index < -0.39 is 22.1 Å². The molecule has 0 saturated carbocycles. The van der Waals surface area contributed by atoms with Gasteiger partial charge in [-0.1, -0.05) is 24.3 Å². The first-order valence-electron chi connectivity index (χ1n) is 8.35. The number of para-hydroxylation sites is 1. The molecule has 27 heavy (non-hydrogen) atoms. The van der Waals surface area contributed by atoms with Gasteiger partial charge in [-0.05, 0) is 36.6 Å². The molecule has 136 valence electrons. The lowest BCUT2D eigenvalue weighted by Gasteiger charge is -2.29. The van der Waals surface area contributed by atoms with Gasteiger partial charge >= 0.3 is 5.69 Å². The Morgan fingerprint density at radius 2 is 1.70 bits per heavy atom. The topological polar surface area (TPSA) is 121 Å². The van der Waals surface area contributed by atoms with E-state index in [0.717, 1.165) is 16.7 Å². The van der Waals surface area contributed by atoms with Crippen molar-refractivity contribution in [3.05, 3.63) is 95.2 Å². The number of anilines is 2. The van der Waals surface area contributed by atoms with Gasteiger partial charge in [0.15, 0.2) is 0 Å². The average molecular weight is 364 g/mol. The summed E-state index contributed by atoms with van der Waals surface area (Å²) in [5, 5.41) is 14.7. The number of benzene rings is 2. The first-order chi connectivity index (χ1) is 12.9. The number of hydrogen-bond donors (Lipinski definition) is 3. The van der Waals surface area contributed by atoms with Crippen LogP contribution in [-0.2, 0) is 0 Å². The van der Waals surface area contributed by atoms with Crippen molar-refractivity contribution in [1.29, 1.82) is 0 Å². The van der Waals surface area contributed by atoms with Crippen molar-refractivity contribution in [1.82, 2.24) is 9.97 Å². The van der Waals surface area contributed by atoms with Gasteiger partial charge in [0.05, 0.1) is 16.4 Å². The second-order valence-electron chi connectivity index (χ2n) is 6.59. The SMILES string of the molecule is Cc1cc2c(cc1C)C(c1ccccc1[N+](=O)[O-])c1c([nH]c(=O)[nH]c1=O)N2. The lowest BCUT2D eigenvalue weighted by Crippen LogP contribution is -2.32. The van der Waals surface area contributed by atoms with E-state index >= 15 is 0 Å². The maximum absolute atomic E-state index is 12.6. The maximum atomic E-state index is 12.6. The Balaban J connectivity index is 2.11. The van der Waals surface area contributed by atoms with Crippen molar-refractivity contribution < 1.29 is 4.92 Å². The van der Waals surface area contributed by atoms with E-state index in [0.29, 0.717) is 11.3 Å². The summed E-state index contributed by atoms with van der Waals surface area (Å²) in [5.74, 6) is -0.430. The normalized spacial score (nSPS) is 14.8. The van der Waals surface area contributed by atoms with Gasteiger partial charge in [-0.3, -0.25) is 24.9 Å². The minimum Gasteiger partial charge on any atom is -0.341 e. The molecule has 1 aromatic heterocycles. The second kappa shape index (κ2) is 5.94. The van der Waals surface area contributed by atoms with Crippen LogP contribution in [0.4, 0.5) is 17.2 Å². The third-order valence-corrected chi connectivity index (χ3v) is 4.95. The summed E-state index contributed by atoms with van der Waals surface area (Å²) in [6.07, 6.45) is 0.